The van der Waals surface area contributed by atoms with Crippen molar-refractivity contribution in [2.24, 2.45) is 0 Å². The van der Waals surface area contributed by atoms with Gasteiger partial charge in [-0.3, -0.25) is 0 Å². The molecule has 2 atom stereocenters. The highest BCUT2D eigenvalue weighted by atomic mass is 35.5. The molecule has 0 aromatic carbocycles. The fraction of sp³-hybridized carbons (Fsp3) is 0.583. The number of carboxylic acid groups (broad SMARTS) is 1. The van der Waals surface area contributed by atoms with E-state index in [0.717, 1.165) is 0 Å². The highest BCUT2D eigenvalue weighted by Crippen LogP contribution is 2.42. The zero-order valence-corrected chi connectivity index (χ0v) is 11.8. The minimum absolute atomic E-state index is 0.0454. The average molecular weight is 300 g/mol. The van der Waals surface area contributed by atoms with E-state index in [1.807, 2.05) is 18.7 Å². The lowest BCUT2D eigenvalue weighted by molar-refractivity contribution is 0.00697. The Morgan fingerprint density at radius 3 is 2.95 bits per heavy atom. The molecular formula is C12H14ClN3O4. The van der Waals surface area contributed by atoms with Crippen LogP contribution in [0.2, 0.25) is 5.28 Å². The number of nitrogens with zero attached hydrogens (tertiary/aromatic N) is 3. The third-order valence-corrected chi connectivity index (χ3v) is 3.74. The van der Waals surface area contributed by atoms with Crippen LogP contribution < -0.4 is 9.64 Å². The van der Waals surface area contributed by atoms with Crippen molar-refractivity contribution in [3.63, 3.8) is 0 Å². The Hall–Kier alpha value is -1.60. The first-order valence-corrected chi connectivity index (χ1v) is 6.61. The molecule has 1 fully saturated rings. The monoisotopic (exact) mass is 299 g/mol. The second kappa shape index (κ2) is 4.46. The van der Waals surface area contributed by atoms with Gasteiger partial charge in [-0.05, 0) is 25.4 Å². The molecule has 0 bridgehead atoms. The Morgan fingerprint density at radius 2 is 2.25 bits per heavy atom. The number of ether oxygens (including phenoxy) is 2. The van der Waals surface area contributed by atoms with Gasteiger partial charge in [0.05, 0.1) is 24.8 Å². The number of aromatic carboxylic acids is 1. The summed E-state index contributed by atoms with van der Waals surface area (Å²) in [5.74, 6) is -0.588. The molecule has 0 aliphatic carbocycles. The number of aromatic nitrogens is 2. The zero-order chi connectivity index (χ0) is 14.5. The number of fused-ring (bicyclic) bond motifs is 3. The lowest BCUT2D eigenvalue weighted by Gasteiger charge is -2.51. The molecule has 0 amide bonds. The van der Waals surface area contributed by atoms with E-state index in [2.05, 4.69) is 9.97 Å². The maximum absolute atomic E-state index is 11.3. The molecule has 2 aliphatic rings. The average Bonchev–Trinajstić information content (AvgIpc) is 2.36. The summed E-state index contributed by atoms with van der Waals surface area (Å²) in [6, 6.07) is 0.0454. The van der Waals surface area contributed by atoms with Gasteiger partial charge in [0, 0.05) is 0 Å². The van der Waals surface area contributed by atoms with Crippen LogP contribution in [0.25, 0.3) is 0 Å². The summed E-state index contributed by atoms with van der Waals surface area (Å²) in [5, 5.41) is 9.12. The highest BCUT2D eigenvalue weighted by molar-refractivity contribution is 6.28. The fourth-order valence-electron chi connectivity index (χ4n) is 2.78. The van der Waals surface area contributed by atoms with Gasteiger partial charge in [0.15, 0.2) is 17.3 Å². The van der Waals surface area contributed by atoms with Crippen LogP contribution in [0.3, 0.4) is 0 Å². The van der Waals surface area contributed by atoms with Crippen molar-refractivity contribution in [3.8, 4) is 5.75 Å². The number of carbonyl (C=O) groups is 1. The normalized spacial score (nSPS) is 28.4. The van der Waals surface area contributed by atoms with Gasteiger partial charge in [-0.25, -0.2) is 9.78 Å². The van der Waals surface area contributed by atoms with E-state index in [-0.39, 0.29) is 22.8 Å². The molecule has 108 valence electrons. The van der Waals surface area contributed by atoms with Gasteiger partial charge >= 0.3 is 5.97 Å². The topological polar surface area (TPSA) is 84.8 Å². The van der Waals surface area contributed by atoms with Crippen LogP contribution in [0.15, 0.2) is 0 Å². The van der Waals surface area contributed by atoms with Crippen LogP contribution in [0.4, 0.5) is 5.82 Å². The van der Waals surface area contributed by atoms with Gasteiger partial charge in [0.25, 0.3) is 0 Å². The van der Waals surface area contributed by atoms with Crippen LogP contribution in [0.1, 0.15) is 24.3 Å². The number of rotatable bonds is 1. The van der Waals surface area contributed by atoms with Crippen molar-refractivity contribution < 1.29 is 19.4 Å². The maximum Gasteiger partial charge on any atom is 0.358 e. The van der Waals surface area contributed by atoms with Crippen molar-refractivity contribution in [2.45, 2.75) is 25.4 Å². The molecule has 3 rings (SSSR count). The van der Waals surface area contributed by atoms with E-state index in [4.69, 9.17) is 21.1 Å². The summed E-state index contributed by atoms with van der Waals surface area (Å²) in [6.07, 6.45) is 0. The number of anilines is 1. The Labute approximate surface area is 120 Å². The maximum atomic E-state index is 11.3. The third kappa shape index (κ3) is 1.89. The minimum Gasteiger partial charge on any atom is -0.485 e. The Morgan fingerprint density at radius 1 is 1.50 bits per heavy atom. The molecule has 0 spiro atoms. The van der Waals surface area contributed by atoms with Crippen LogP contribution in [0.5, 0.6) is 5.75 Å². The molecule has 20 heavy (non-hydrogen) atoms. The van der Waals surface area contributed by atoms with Crippen LogP contribution >= 0.6 is 11.6 Å². The molecule has 0 saturated carbocycles. The molecule has 1 aromatic rings. The highest BCUT2D eigenvalue weighted by Gasteiger charge is 2.46. The summed E-state index contributed by atoms with van der Waals surface area (Å²) in [6.45, 7) is 5.32. The summed E-state index contributed by atoms with van der Waals surface area (Å²) in [5.41, 5.74) is -0.598. The van der Waals surface area contributed by atoms with Gasteiger partial charge < -0.3 is 19.5 Å². The predicted molar refractivity (Wildman–Crippen MR) is 70.7 cm³/mol. The van der Waals surface area contributed by atoms with Crippen LogP contribution in [0, 0.1) is 0 Å². The van der Waals surface area contributed by atoms with Gasteiger partial charge in [-0.15, -0.1) is 0 Å². The van der Waals surface area contributed by atoms with Crippen molar-refractivity contribution in [1.82, 2.24) is 9.97 Å². The first-order valence-electron chi connectivity index (χ1n) is 6.23. The molecule has 1 aromatic heterocycles. The van der Waals surface area contributed by atoms with Crippen molar-refractivity contribution in [3.05, 3.63) is 11.0 Å². The lowest BCUT2D eigenvalue weighted by atomic mass is 9.96. The van der Waals surface area contributed by atoms with Gasteiger partial charge in [0.1, 0.15) is 6.61 Å². The van der Waals surface area contributed by atoms with Crippen molar-refractivity contribution in [2.75, 3.05) is 24.7 Å². The predicted octanol–water partition coefficient (Wildman–Crippen LogP) is 1.20. The smallest absolute Gasteiger partial charge is 0.358 e. The molecule has 1 unspecified atom stereocenters. The van der Waals surface area contributed by atoms with Crippen LogP contribution in [-0.2, 0) is 4.74 Å². The Kier molecular flexibility index (Phi) is 2.98. The molecule has 0 radical (unpaired) electrons. The summed E-state index contributed by atoms with van der Waals surface area (Å²) in [4.78, 5) is 21.2. The van der Waals surface area contributed by atoms with E-state index in [1.54, 1.807) is 0 Å². The van der Waals surface area contributed by atoms with E-state index in [1.165, 1.54) is 0 Å². The summed E-state index contributed by atoms with van der Waals surface area (Å²) < 4.78 is 11.2. The molecule has 1 N–H and O–H groups in total. The van der Waals surface area contributed by atoms with Gasteiger partial charge in [0.2, 0.25) is 5.28 Å². The Balaban J connectivity index is 2.18. The third-order valence-electron chi connectivity index (χ3n) is 3.57. The van der Waals surface area contributed by atoms with Crippen molar-refractivity contribution >= 4 is 23.4 Å². The molecule has 2 aliphatic heterocycles. The van der Waals surface area contributed by atoms with Gasteiger partial charge in [-0.1, -0.05) is 0 Å². The Bertz CT molecular complexity index is 582. The van der Waals surface area contributed by atoms with E-state index >= 15 is 0 Å². The van der Waals surface area contributed by atoms with E-state index < -0.39 is 11.5 Å². The molecule has 1 saturated heterocycles. The quantitative estimate of drug-likeness (QED) is 0.780. The number of carboxylic acids is 1. The number of hydrogen-bond donors (Lipinski definition) is 1. The molecule has 7 nitrogen and oxygen atoms in total. The standard InChI is InChI=1S/C12H14ClN3O4/c1-6-3-19-4-12(2)5-20-8-7(10(17)18)14-11(13)15-9(8)16(6)12/h6H,3-5H2,1-2H3,(H,17,18)/t6-,12?/m1/s1. The molecule has 3 heterocycles. The number of hydrogen-bond acceptors (Lipinski definition) is 6. The van der Waals surface area contributed by atoms with E-state index in [0.29, 0.717) is 25.6 Å². The SMILES string of the molecule is C[C@@H]1COCC2(C)COc3c(C(=O)O)nc(Cl)nc3N12. The van der Waals surface area contributed by atoms with E-state index in [9.17, 15) is 9.90 Å². The first-order chi connectivity index (χ1) is 9.42. The second-order valence-corrected chi connectivity index (χ2v) is 5.66. The first kappa shape index (κ1) is 13.4. The van der Waals surface area contributed by atoms with Crippen LogP contribution in [-0.4, -0.2) is 52.4 Å². The zero-order valence-electron chi connectivity index (χ0n) is 11.1. The number of halogens is 1. The number of morpholine rings is 1. The minimum atomic E-state index is -1.19. The molecular weight excluding hydrogens is 286 g/mol. The van der Waals surface area contributed by atoms with Crippen molar-refractivity contribution in [1.29, 1.82) is 0 Å². The van der Waals surface area contributed by atoms with Gasteiger partial charge in [-0.2, -0.15) is 4.98 Å². The summed E-state index contributed by atoms with van der Waals surface area (Å²) >= 11 is 5.85. The summed E-state index contributed by atoms with van der Waals surface area (Å²) in [7, 11) is 0. The second-order valence-electron chi connectivity index (χ2n) is 5.32. The largest absolute Gasteiger partial charge is 0.485 e. The lowest BCUT2D eigenvalue weighted by Crippen LogP contribution is -2.64. The fourth-order valence-corrected chi connectivity index (χ4v) is 2.95. The molecule has 8 heteroatoms.